The molecule has 1 amide bonds. The average molecular weight is 364 g/mol. The molecule has 0 saturated heterocycles. The van der Waals surface area contributed by atoms with Gasteiger partial charge in [0.2, 0.25) is 5.95 Å². The van der Waals surface area contributed by atoms with Gasteiger partial charge in [-0.2, -0.15) is 0 Å². The lowest BCUT2D eigenvalue weighted by molar-refractivity contribution is 0.0945. The van der Waals surface area contributed by atoms with Crippen LogP contribution in [0.4, 0.5) is 16.0 Å². The molecule has 0 aliphatic heterocycles. The number of halogens is 1. The third kappa shape index (κ3) is 4.88. The SMILES string of the molecule is Cc1cc(C)cc(Nc2nc(C)cc(C(=O)NCc3ccccc3F)n2)c1. The summed E-state index contributed by atoms with van der Waals surface area (Å²) in [5, 5.41) is 5.84. The van der Waals surface area contributed by atoms with Gasteiger partial charge in [0.05, 0.1) is 0 Å². The van der Waals surface area contributed by atoms with Gasteiger partial charge in [0.15, 0.2) is 0 Å². The Labute approximate surface area is 157 Å². The fourth-order valence-electron chi connectivity index (χ4n) is 2.82. The van der Waals surface area contributed by atoms with E-state index in [1.54, 1.807) is 31.2 Å². The maximum absolute atomic E-state index is 13.7. The summed E-state index contributed by atoms with van der Waals surface area (Å²) in [6, 6.07) is 14.0. The van der Waals surface area contributed by atoms with Crippen LogP contribution < -0.4 is 10.6 Å². The fourth-order valence-corrected chi connectivity index (χ4v) is 2.82. The number of hydrogen-bond acceptors (Lipinski definition) is 4. The van der Waals surface area contributed by atoms with Crippen LogP contribution in [0.15, 0.2) is 48.5 Å². The molecule has 27 heavy (non-hydrogen) atoms. The van der Waals surface area contributed by atoms with Gasteiger partial charge >= 0.3 is 0 Å². The largest absolute Gasteiger partial charge is 0.347 e. The Kier molecular flexibility index (Phi) is 5.45. The maximum atomic E-state index is 13.7. The van der Waals surface area contributed by atoms with Crippen molar-refractivity contribution < 1.29 is 9.18 Å². The van der Waals surface area contributed by atoms with Crippen LogP contribution in [0.3, 0.4) is 0 Å². The summed E-state index contributed by atoms with van der Waals surface area (Å²) >= 11 is 0. The Hall–Kier alpha value is -3.28. The van der Waals surface area contributed by atoms with Crippen LogP contribution in [0.25, 0.3) is 0 Å². The molecule has 0 unspecified atom stereocenters. The first-order valence-corrected chi connectivity index (χ1v) is 8.63. The molecular formula is C21H21FN4O. The highest BCUT2D eigenvalue weighted by Gasteiger charge is 2.12. The van der Waals surface area contributed by atoms with E-state index < -0.39 is 0 Å². The van der Waals surface area contributed by atoms with Gasteiger partial charge in [-0.3, -0.25) is 4.79 Å². The van der Waals surface area contributed by atoms with E-state index in [0.29, 0.717) is 17.2 Å². The van der Waals surface area contributed by atoms with Crippen molar-refractivity contribution in [2.24, 2.45) is 0 Å². The van der Waals surface area contributed by atoms with E-state index in [0.717, 1.165) is 16.8 Å². The number of aromatic nitrogens is 2. The van der Waals surface area contributed by atoms with Crippen LogP contribution >= 0.6 is 0 Å². The lowest BCUT2D eigenvalue weighted by atomic mass is 10.1. The first kappa shape index (κ1) is 18.5. The summed E-state index contributed by atoms with van der Waals surface area (Å²) in [4.78, 5) is 21.1. The molecule has 0 atom stereocenters. The van der Waals surface area contributed by atoms with Gasteiger partial charge in [0.25, 0.3) is 5.91 Å². The maximum Gasteiger partial charge on any atom is 0.270 e. The van der Waals surface area contributed by atoms with E-state index in [1.165, 1.54) is 6.07 Å². The third-order valence-corrected chi connectivity index (χ3v) is 3.96. The van der Waals surface area contributed by atoms with Crippen molar-refractivity contribution in [1.29, 1.82) is 0 Å². The standard InChI is InChI=1S/C21H21FN4O/c1-13-8-14(2)10-17(9-13)25-21-24-15(3)11-19(26-21)20(27)23-12-16-6-4-5-7-18(16)22/h4-11H,12H2,1-3H3,(H,23,27)(H,24,25,26). The van der Waals surface area contributed by atoms with Gasteiger partial charge in [-0.05, 0) is 56.2 Å². The minimum absolute atomic E-state index is 0.0917. The number of rotatable bonds is 5. The Bertz CT molecular complexity index is 967. The van der Waals surface area contributed by atoms with Crippen LogP contribution in [0.5, 0.6) is 0 Å². The summed E-state index contributed by atoms with van der Waals surface area (Å²) in [6.07, 6.45) is 0. The summed E-state index contributed by atoms with van der Waals surface area (Å²) in [5.74, 6) is -0.392. The van der Waals surface area contributed by atoms with Crippen molar-refractivity contribution >= 4 is 17.5 Å². The number of hydrogen-bond donors (Lipinski definition) is 2. The second-order valence-corrected chi connectivity index (χ2v) is 6.49. The Morgan fingerprint density at radius 1 is 1.00 bits per heavy atom. The van der Waals surface area contributed by atoms with Crippen molar-refractivity contribution in [3.8, 4) is 0 Å². The van der Waals surface area contributed by atoms with Gasteiger partial charge < -0.3 is 10.6 Å². The smallest absolute Gasteiger partial charge is 0.270 e. The van der Waals surface area contributed by atoms with E-state index >= 15 is 0 Å². The lowest BCUT2D eigenvalue weighted by Gasteiger charge is -2.10. The average Bonchev–Trinajstić information content (AvgIpc) is 2.59. The quantitative estimate of drug-likeness (QED) is 0.711. The minimum Gasteiger partial charge on any atom is -0.347 e. The van der Waals surface area contributed by atoms with Crippen molar-refractivity contribution in [3.63, 3.8) is 0 Å². The second kappa shape index (κ2) is 7.95. The fraction of sp³-hybridized carbons (Fsp3) is 0.190. The topological polar surface area (TPSA) is 66.9 Å². The zero-order valence-corrected chi connectivity index (χ0v) is 15.5. The van der Waals surface area contributed by atoms with E-state index in [2.05, 4.69) is 26.7 Å². The van der Waals surface area contributed by atoms with E-state index in [4.69, 9.17) is 0 Å². The molecule has 1 heterocycles. The molecule has 2 N–H and O–H groups in total. The second-order valence-electron chi connectivity index (χ2n) is 6.49. The number of nitrogens with one attached hydrogen (secondary N) is 2. The first-order valence-electron chi connectivity index (χ1n) is 8.63. The first-order chi connectivity index (χ1) is 12.9. The number of anilines is 2. The molecule has 3 aromatic rings. The van der Waals surface area contributed by atoms with Crippen LogP contribution in [-0.2, 0) is 6.54 Å². The molecule has 1 aromatic heterocycles. The Balaban J connectivity index is 1.76. The van der Waals surface area contributed by atoms with Gasteiger partial charge in [-0.15, -0.1) is 0 Å². The van der Waals surface area contributed by atoms with Crippen LogP contribution in [0.1, 0.15) is 32.9 Å². The normalized spacial score (nSPS) is 10.5. The van der Waals surface area contributed by atoms with Crippen molar-refractivity contribution in [2.75, 3.05) is 5.32 Å². The Morgan fingerprint density at radius 3 is 2.41 bits per heavy atom. The molecule has 0 bridgehead atoms. The summed E-state index contributed by atoms with van der Waals surface area (Å²) in [7, 11) is 0. The van der Waals surface area contributed by atoms with Crippen LogP contribution in [0, 0.1) is 26.6 Å². The summed E-state index contributed by atoms with van der Waals surface area (Å²) in [6.45, 7) is 5.91. The molecule has 0 spiro atoms. The highest BCUT2D eigenvalue weighted by molar-refractivity contribution is 5.92. The molecular weight excluding hydrogens is 343 g/mol. The highest BCUT2D eigenvalue weighted by Crippen LogP contribution is 2.18. The number of aryl methyl sites for hydroxylation is 3. The van der Waals surface area contributed by atoms with Crippen molar-refractivity contribution in [1.82, 2.24) is 15.3 Å². The van der Waals surface area contributed by atoms with Gasteiger partial charge in [0, 0.05) is 23.5 Å². The monoisotopic (exact) mass is 364 g/mol. The molecule has 0 aliphatic carbocycles. The molecule has 6 heteroatoms. The molecule has 0 fully saturated rings. The molecule has 0 aliphatic rings. The summed E-state index contributed by atoms with van der Waals surface area (Å²) in [5.41, 5.74) is 4.40. The van der Waals surface area contributed by atoms with Crippen LogP contribution in [0.2, 0.25) is 0 Å². The summed E-state index contributed by atoms with van der Waals surface area (Å²) < 4.78 is 13.7. The zero-order valence-electron chi connectivity index (χ0n) is 15.5. The zero-order chi connectivity index (χ0) is 19.4. The number of carbonyl (C=O) groups excluding carboxylic acids is 1. The van der Waals surface area contributed by atoms with Crippen LogP contribution in [-0.4, -0.2) is 15.9 Å². The van der Waals surface area contributed by atoms with E-state index in [-0.39, 0.29) is 24.0 Å². The predicted octanol–water partition coefficient (Wildman–Crippen LogP) is 4.21. The molecule has 2 aromatic carbocycles. The van der Waals surface area contributed by atoms with Crippen molar-refractivity contribution in [3.05, 3.63) is 82.4 Å². The number of amides is 1. The molecule has 0 saturated carbocycles. The minimum atomic E-state index is -0.382. The van der Waals surface area contributed by atoms with Crippen molar-refractivity contribution in [2.45, 2.75) is 27.3 Å². The molecule has 5 nitrogen and oxygen atoms in total. The Morgan fingerprint density at radius 2 is 1.70 bits per heavy atom. The van der Waals surface area contributed by atoms with Gasteiger partial charge in [-0.1, -0.05) is 24.3 Å². The number of nitrogens with zero attached hydrogens (tertiary/aromatic N) is 2. The number of carbonyl (C=O) groups is 1. The van der Waals surface area contributed by atoms with E-state index in [9.17, 15) is 9.18 Å². The molecule has 3 rings (SSSR count). The number of benzene rings is 2. The molecule has 0 radical (unpaired) electrons. The molecule has 138 valence electrons. The van der Waals surface area contributed by atoms with Gasteiger partial charge in [0.1, 0.15) is 11.5 Å². The lowest BCUT2D eigenvalue weighted by Crippen LogP contribution is -2.25. The van der Waals surface area contributed by atoms with E-state index in [1.807, 2.05) is 26.0 Å². The van der Waals surface area contributed by atoms with Gasteiger partial charge in [-0.25, -0.2) is 14.4 Å². The highest BCUT2D eigenvalue weighted by atomic mass is 19.1. The third-order valence-electron chi connectivity index (χ3n) is 3.96. The predicted molar refractivity (Wildman–Crippen MR) is 104 cm³/mol.